The number of nitrogens with one attached hydrogen (secondary N) is 1. The SMILES string of the molecule is Cc1cc(-c2nc3ccc(OCCN[C@H](C(=O)OC4CCOC4)C(C)C)cc3n2CC2CCOCC2)cn(C)c1=O.Cl. The van der Waals surface area contributed by atoms with E-state index in [0.717, 1.165) is 67.2 Å². The molecule has 0 spiro atoms. The van der Waals surface area contributed by atoms with E-state index in [0.29, 0.717) is 37.8 Å². The molecule has 2 atom stereocenters. The molecule has 1 unspecified atom stereocenters. The molecule has 0 bridgehead atoms. The van der Waals surface area contributed by atoms with Crippen molar-refractivity contribution in [1.29, 1.82) is 0 Å². The van der Waals surface area contributed by atoms with Gasteiger partial charge in [0.15, 0.2) is 0 Å². The first-order chi connectivity index (χ1) is 19.8. The van der Waals surface area contributed by atoms with Crippen LogP contribution in [0.1, 0.15) is 38.7 Å². The summed E-state index contributed by atoms with van der Waals surface area (Å²) >= 11 is 0. The molecular weight excluding hydrogens is 560 g/mol. The monoisotopic (exact) mass is 602 g/mol. The second-order valence-corrected chi connectivity index (χ2v) is 11.5. The second kappa shape index (κ2) is 14.5. The van der Waals surface area contributed by atoms with Crippen LogP contribution >= 0.6 is 12.4 Å². The number of ether oxygens (including phenoxy) is 4. The normalized spacial score (nSPS) is 18.3. The van der Waals surface area contributed by atoms with E-state index in [1.54, 1.807) is 11.6 Å². The smallest absolute Gasteiger partial charge is 0.323 e. The Labute approximate surface area is 253 Å². The Hall–Kier alpha value is -2.92. The predicted octanol–water partition coefficient (Wildman–Crippen LogP) is 3.88. The van der Waals surface area contributed by atoms with Crippen molar-refractivity contribution in [3.8, 4) is 17.1 Å². The Kier molecular flexibility index (Phi) is 11.1. The van der Waals surface area contributed by atoms with Gasteiger partial charge >= 0.3 is 5.97 Å². The van der Waals surface area contributed by atoms with Gasteiger partial charge in [0.25, 0.3) is 5.56 Å². The van der Waals surface area contributed by atoms with Gasteiger partial charge in [-0.25, -0.2) is 4.98 Å². The van der Waals surface area contributed by atoms with Crippen molar-refractivity contribution in [2.24, 2.45) is 18.9 Å². The van der Waals surface area contributed by atoms with Gasteiger partial charge in [-0.05, 0) is 49.8 Å². The minimum absolute atomic E-state index is 0. The van der Waals surface area contributed by atoms with Gasteiger partial charge in [0.2, 0.25) is 0 Å². The summed E-state index contributed by atoms with van der Waals surface area (Å²) in [5.41, 5.74) is 3.46. The number of hydrogen-bond acceptors (Lipinski definition) is 8. The first-order valence-corrected chi connectivity index (χ1v) is 14.7. The lowest BCUT2D eigenvalue weighted by molar-refractivity contribution is -0.152. The number of pyridine rings is 1. The summed E-state index contributed by atoms with van der Waals surface area (Å²) < 4.78 is 26.6. The summed E-state index contributed by atoms with van der Waals surface area (Å²) in [7, 11) is 1.77. The summed E-state index contributed by atoms with van der Waals surface area (Å²) in [4.78, 5) is 30.1. The summed E-state index contributed by atoms with van der Waals surface area (Å²) in [6.07, 6.45) is 4.45. The number of benzene rings is 1. The summed E-state index contributed by atoms with van der Waals surface area (Å²) in [6, 6.07) is 7.46. The van der Waals surface area contributed by atoms with E-state index < -0.39 is 6.04 Å². The van der Waals surface area contributed by atoms with E-state index in [9.17, 15) is 9.59 Å². The standard InChI is InChI=1S/C31H42N4O6.ClH/c1-20(2)28(31(37)41-25-9-13-39-19-25)32-10-14-40-24-5-6-26-27(16-24)35(17-22-7-11-38-12-8-22)29(33-26)23-15-21(3)30(36)34(4)18-23;/h5-6,15-16,18,20,22,25,28,32H,7-14,17,19H2,1-4H3;1H/t25?,28-;/m0./s1. The molecule has 0 aliphatic carbocycles. The third kappa shape index (κ3) is 7.53. The van der Waals surface area contributed by atoms with Gasteiger partial charge in [-0.1, -0.05) is 13.8 Å². The van der Waals surface area contributed by atoms with E-state index in [2.05, 4.69) is 9.88 Å². The first kappa shape index (κ1) is 32.0. The van der Waals surface area contributed by atoms with Crippen molar-refractivity contribution in [1.82, 2.24) is 19.4 Å². The molecule has 3 aromatic rings. The van der Waals surface area contributed by atoms with E-state index in [1.165, 1.54) is 0 Å². The van der Waals surface area contributed by atoms with Crippen LogP contribution in [0.2, 0.25) is 0 Å². The fraction of sp³-hybridized carbons (Fsp3) is 0.581. The molecule has 11 heteroatoms. The van der Waals surface area contributed by atoms with Crippen LogP contribution < -0.4 is 15.6 Å². The van der Waals surface area contributed by atoms with Crippen LogP contribution in [0.3, 0.4) is 0 Å². The third-order valence-corrected chi connectivity index (χ3v) is 7.95. The minimum atomic E-state index is -0.407. The fourth-order valence-corrected chi connectivity index (χ4v) is 5.60. The van der Waals surface area contributed by atoms with Crippen LogP contribution in [0.25, 0.3) is 22.4 Å². The van der Waals surface area contributed by atoms with E-state index in [-0.39, 0.29) is 36.0 Å². The molecule has 5 rings (SSSR count). The maximum absolute atomic E-state index is 12.7. The van der Waals surface area contributed by atoms with Crippen LogP contribution in [0.5, 0.6) is 5.75 Å². The summed E-state index contributed by atoms with van der Waals surface area (Å²) in [6.45, 7) is 10.2. The second-order valence-electron chi connectivity index (χ2n) is 11.5. The van der Waals surface area contributed by atoms with Crippen molar-refractivity contribution in [2.75, 3.05) is 39.6 Å². The lowest BCUT2D eigenvalue weighted by Gasteiger charge is -2.24. The van der Waals surface area contributed by atoms with Gasteiger partial charge in [-0.15, -0.1) is 12.4 Å². The zero-order valence-corrected chi connectivity index (χ0v) is 25.8. The fourth-order valence-electron chi connectivity index (χ4n) is 5.60. The molecule has 42 heavy (non-hydrogen) atoms. The maximum atomic E-state index is 12.7. The Morgan fingerprint density at radius 2 is 1.90 bits per heavy atom. The number of fused-ring (bicyclic) bond motifs is 1. The largest absolute Gasteiger partial charge is 0.492 e. The van der Waals surface area contributed by atoms with Gasteiger partial charge in [0, 0.05) is 63.2 Å². The highest BCUT2D eigenvalue weighted by Crippen LogP contribution is 2.30. The molecule has 2 aromatic heterocycles. The van der Waals surface area contributed by atoms with Gasteiger partial charge < -0.3 is 33.4 Å². The number of carbonyl (C=O) groups is 1. The molecule has 1 aromatic carbocycles. The van der Waals surface area contributed by atoms with Crippen LogP contribution in [0, 0.1) is 18.8 Å². The number of halogens is 1. The van der Waals surface area contributed by atoms with E-state index in [1.807, 2.05) is 51.2 Å². The number of imidazole rings is 1. The zero-order valence-electron chi connectivity index (χ0n) is 25.0. The Balaban J connectivity index is 0.00000405. The van der Waals surface area contributed by atoms with Gasteiger partial charge in [-0.3, -0.25) is 9.59 Å². The van der Waals surface area contributed by atoms with Crippen LogP contribution in [0.15, 0.2) is 35.3 Å². The quantitative estimate of drug-likeness (QED) is 0.260. The molecule has 1 N–H and O–H groups in total. The number of esters is 1. The van der Waals surface area contributed by atoms with Crippen LogP contribution in [-0.2, 0) is 32.6 Å². The third-order valence-electron chi connectivity index (χ3n) is 7.95. The van der Waals surface area contributed by atoms with E-state index >= 15 is 0 Å². The molecule has 0 radical (unpaired) electrons. The molecule has 2 aliphatic heterocycles. The molecule has 0 saturated carbocycles. The average Bonchev–Trinajstić information content (AvgIpc) is 3.59. The molecule has 2 aliphatic rings. The zero-order chi connectivity index (χ0) is 28.9. The maximum Gasteiger partial charge on any atom is 0.323 e. The molecule has 2 saturated heterocycles. The molecule has 4 heterocycles. The molecular formula is C31H43ClN4O6. The van der Waals surface area contributed by atoms with Crippen molar-refractivity contribution in [2.45, 2.75) is 58.7 Å². The molecule has 2 fully saturated rings. The Morgan fingerprint density at radius 1 is 1.14 bits per heavy atom. The van der Waals surface area contributed by atoms with Crippen molar-refractivity contribution >= 4 is 29.4 Å². The van der Waals surface area contributed by atoms with Crippen molar-refractivity contribution in [3.05, 3.63) is 46.4 Å². The highest BCUT2D eigenvalue weighted by molar-refractivity contribution is 5.85. The Morgan fingerprint density at radius 3 is 2.60 bits per heavy atom. The average molecular weight is 603 g/mol. The number of carbonyl (C=O) groups excluding carboxylic acids is 1. The number of hydrogen-bond donors (Lipinski definition) is 1. The van der Waals surface area contributed by atoms with Gasteiger partial charge in [0.1, 0.15) is 30.3 Å². The van der Waals surface area contributed by atoms with Gasteiger partial charge in [0.05, 0.1) is 24.2 Å². The molecule has 0 amide bonds. The van der Waals surface area contributed by atoms with Crippen LogP contribution in [0.4, 0.5) is 0 Å². The number of rotatable bonds is 11. The lowest BCUT2D eigenvalue weighted by atomic mass is 10.00. The molecule has 230 valence electrons. The van der Waals surface area contributed by atoms with Crippen molar-refractivity contribution < 1.29 is 23.7 Å². The lowest BCUT2D eigenvalue weighted by Crippen LogP contribution is -2.45. The minimum Gasteiger partial charge on any atom is -0.492 e. The summed E-state index contributed by atoms with van der Waals surface area (Å²) in [5, 5.41) is 3.31. The van der Waals surface area contributed by atoms with Gasteiger partial charge in [-0.2, -0.15) is 0 Å². The number of aryl methyl sites for hydroxylation is 2. The number of nitrogens with zero attached hydrogens (tertiary/aromatic N) is 3. The highest BCUT2D eigenvalue weighted by atomic mass is 35.5. The Bertz CT molecular complexity index is 1380. The van der Waals surface area contributed by atoms with E-state index in [4.69, 9.17) is 23.9 Å². The van der Waals surface area contributed by atoms with Crippen LogP contribution in [-0.4, -0.2) is 71.8 Å². The first-order valence-electron chi connectivity index (χ1n) is 14.7. The van der Waals surface area contributed by atoms with Crippen molar-refractivity contribution in [3.63, 3.8) is 0 Å². The topological polar surface area (TPSA) is 106 Å². The summed E-state index contributed by atoms with van der Waals surface area (Å²) in [5.74, 6) is 1.90. The number of aromatic nitrogens is 3. The highest BCUT2D eigenvalue weighted by Gasteiger charge is 2.28. The predicted molar refractivity (Wildman–Crippen MR) is 163 cm³/mol. The molecule has 10 nitrogen and oxygen atoms in total.